The Bertz CT molecular complexity index is 144. The molecule has 0 saturated heterocycles. The first-order valence-corrected chi connectivity index (χ1v) is 6.36. The Labute approximate surface area is 91.5 Å². The molecule has 0 saturated carbocycles. The van der Waals surface area contributed by atoms with E-state index in [1.54, 1.807) is 0 Å². The van der Waals surface area contributed by atoms with Crippen LogP contribution in [-0.2, 0) is 0 Å². The van der Waals surface area contributed by atoms with Gasteiger partial charge in [0, 0.05) is 0 Å². The largest absolute Gasteiger partial charge is 0.0654 e. The van der Waals surface area contributed by atoms with E-state index in [-0.39, 0.29) is 0 Å². The molecule has 0 amide bonds. The summed E-state index contributed by atoms with van der Waals surface area (Å²) in [5, 5.41) is 0. The van der Waals surface area contributed by atoms with Gasteiger partial charge in [-0.25, -0.2) is 0 Å². The lowest BCUT2D eigenvalue weighted by Gasteiger charge is -2.39. The van der Waals surface area contributed by atoms with Crippen molar-refractivity contribution in [3.63, 3.8) is 0 Å². The van der Waals surface area contributed by atoms with E-state index in [0.29, 0.717) is 5.41 Å². The molecule has 0 fully saturated rings. The Morgan fingerprint density at radius 3 is 1.79 bits per heavy atom. The van der Waals surface area contributed by atoms with Crippen molar-refractivity contribution in [3.05, 3.63) is 0 Å². The Morgan fingerprint density at radius 1 is 1.00 bits per heavy atom. The van der Waals surface area contributed by atoms with E-state index in [1.165, 1.54) is 19.3 Å². The summed E-state index contributed by atoms with van der Waals surface area (Å²) >= 11 is 0. The molecule has 2 unspecified atom stereocenters. The van der Waals surface area contributed by atoms with Crippen LogP contribution >= 0.6 is 0 Å². The SMILES string of the molecule is CCCC(C)(C)C(CC)C(C)C(C)C. The Balaban J connectivity index is 4.52. The Hall–Kier alpha value is 0. The third-order valence-electron chi connectivity index (χ3n) is 4.02. The van der Waals surface area contributed by atoms with Gasteiger partial charge in [0.1, 0.15) is 0 Å². The Morgan fingerprint density at radius 2 is 1.50 bits per heavy atom. The second kappa shape index (κ2) is 5.78. The minimum atomic E-state index is 0.521. The molecule has 0 aliphatic heterocycles. The molecule has 0 aromatic carbocycles. The molecule has 2 atom stereocenters. The molecule has 0 aromatic rings. The monoisotopic (exact) mass is 198 g/mol. The topological polar surface area (TPSA) is 0 Å². The first-order chi connectivity index (χ1) is 6.36. The summed E-state index contributed by atoms with van der Waals surface area (Å²) in [6.45, 7) is 16.7. The minimum Gasteiger partial charge on any atom is -0.0654 e. The van der Waals surface area contributed by atoms with Gasteiger partial charge in [-0.15, -0.1) is 0 Å². The molecule has 0 radical (unpaired) electrons. The first-order valence-electron chi connectivity index (χ1n) is 6.36. The number of rotatable bonds is 6. The quantitative estimate of drug-likeness (QED) is 0.555. The molecule has 0 nitrogen and oxygen atoms in total. The van der Waals surface area contributed by atoms with Crippen molar-refractivity contribution in [2.75, 3.05) is 0 Å². The fourth-order valence-electron chi connectivity index (χ4n) is 2.93. The van der Waals surface area contributed by atoms with Crippen molar-refractivity contribution in [1.29, 1.82) is 0 Å². The zero-order valence-electron chi connectivity index (χ0n) is 11.4. The van der Waals surface area contributed by atoms with Gasteiger partial charge in [0.25, 0.3) is 0 Å². The van der Waals surface area contributed by atoms with E-state index in [1.807, 2.05) is 0 Å². The summed E-state index contributed by atoms with van der Waals surface area (Å²) in [6, 6.07) is 0. The molecule has 0 rings (SSSR count). The predicted octanol–water partition coefficient (Wildman–Crippen LogP) is 5.13. The summed E-state index contributed by atoms with van der Waals surface area (Å²) in [5.41, 5.74) is 0.521. The van der Waals surface area contributed by atoms with Crippen molar-refractivity contribution in [1.82, 2.24) is 0 Å². The molecule has 0 heterocycles. The highest BCUT2D eigenvalue weighted by Crippen LogP contribution is 2.41. The van der Waals surface area contributed by atoms with Gasteiger partial charge in [0.2, 0.25) is 0 Å². The number of hydrogen-bond acceptors (Lipinski definition) is 0. The van der Waals surface area contributed by atoms with Crippen LogP contribution in [0.2, 0.25) is 0 Å². The predicted molar refractivity (Wildman–Crippen MR) is 66.5 cm³/mol. The van der Waals surface area contributed by atoms with Crippen LogP contribution in [0.5, 0.6) is 0 Å². The summed E-state index contributed by atoms with van der Waals surface area (Å²) in [6.07, 6.45) is 4.00. The van der Waals surface area contributed by atoms with Crippen molar-refractivity contribution in [3.8, 4) is 0 Å². The second-order valence-electron chi connectivity index (χ2n) is 5.86. The maximum absolute atomic E-state index is 2.45. The highest BCUT2D eigenvalue weighted by Gasteiger charge is 2.32. The fourth-order valence-corrected chi connectivity index (χ4v) is 2.93. The lowest BCUT2D eigenvalue weighted by Crippen LogP contribution is -2.31. The van der Waals surface area contributed by atoms with Crippen molar-refractivity contribution in [2.45, 2.75) is 67.7 Å². The third-order valence-corrected chi connectivity index (χ3v) is 4.02. The van der Waals surface area contributed by atoms with Gasteiger partial charge in [0.15, 0.2) is 0 Å². The summed E-state index contributed by atoms with van der Waals surface area (Å²) in [4.78, 5) is 0. The highest BCUT2D eigenvalue weighted by atomic mass is 14.4. The van der Waals surface area contributed by atoms with Gasteiger partial charge in [-0.3, -0.25) is 0 Å². The van der Waals surface area contributed by atoms with Gasteiger partial charge >= 0.3 is 0 Å². The smallest absolute Gasteiger partial charge is 0.0323 e. The van der Waals surface area contributed by atoms with E-state index in [4.69, 9.17) is 0 Å². The average Bonchev–Trinajstić information content (AvgIpc) is 2.04. The normalized spacial score (nSPS) is 17.1. The third kappa shape index (κ3) is 3.63. The van der Waals surface area contributed by atoms with Crippen molar-refractivity contribution < 1.29 is 0 Å². The standard InChI is InChI=1S/C14H30/c1-8-10-14(6,7)13(9-2)12(5)11(3)4/h11-13H,8-10H2,1-7H3. The van der Waals surface area contributed by atoms with Crippen molar-refractivity contribution in [2.24, 2.45) is 23.2 Å². The summed E-state index contributed by atoms with van der Waals surface area (Å²) in [7, 11) is 0. The maximum Gasteiger partial charge on any atom is -0.0323 e. The van der Waals surface area contributed by atoms with Crippen LogP contribution in [-0.4, -0.2) is 0 Å². The molecule has 14 heavy (non-hydrogen) atoms. The molecule has 0 heteroatoms. The maximum atomic E-state index is 2.45. The van der Waals surface area contributed by atoms with Crippen LogP contribution < -0.4 is 0 Å². The van der Waals surface area contributed by atoms with E-state index in [0.717, 1.165) is 17.8 Å². The van der Waals surface area contributed by atoms with E-state index >= 15 is 0 Å². The van der Waals surface area contributed by atoms with Crippen LogP contribution in [0, 0.1) is 23.2 Å². The van der Waals surface area contributed by atoms with Crippen LogP contribution in [0.15, 0.2) is 0 Å². The molecular weight excluding hydrogens is 168 g/mol. The average molecular weight is 198 g/mol. The van der Waals surface area contributed by atoms with Crippen LogP contribution in [0.3, 0.4) is 0 Å². The van der Waals surface area contributed by atoms with Crippen LogP contribution in [0.1, 0.15) is 67.7 Å². The van der Waals surface area contributed by atoms with E-state index in [9.17, 15) is 0 Å². The Kier molecular flexibility index (Phi) is 5.78. The van der Waals surface area contributed by atoms with Gasteiger partial charge in [-0.1, -0.05) is 61.3 Å². The molecule has 0 spiro atoms. The zero-order chi connectivity index (χ0) is 11.4. The molecule has 0 bridgehead atoms. The van der Waals surface area contributed by atoms with Gasteiger partial charge in [0.05, 0.1) is 0 Å². The van der Waals surface area contributed by atoms with Gasteiger partial charge in [-0.05, 0) is 29.6 Å². The van der Waals surface area contributed by atoms with Crippen molar-refractivity contribution >= 4 is 0 Å². The van der Waals surface area contributed by atoms with Gasteiger partial charge < -0.3 is 0 Å². The highest BCUT2D eigenvalue weighted by molar-refractivity contribution is 4.82. The molecule has 0 aromatic heterocycles. The van der Waals surface area contributed by atoms with Gasteiger partial charge in [-0.2, -0.15) is 0 Å². The lowest BCUT2D eigenvalue weighted by atomic mass is 9.66. The van der Waals surface area contributed by atoms with Crippen LogP contribution in [0.4, 0.5) is 0 Å². The van der Waals surface area contributed by atoms with Crippen LogP contribution in [0.25, 0.3) is 0 Å². The zero-order valence-corrected chi connectivity index (χ0v) is 11.4. The molecule has 0 aliphatic carbocycles. The first kappa shape index (κ1) is 14.0. The number of hydrogen-bond donors (Lipinski definition) is 0. The lowest BCUT2D eigenvalue weighted by molar-refractivity contribution is 0.102. The second-order valence-corrected chi connectivity index (χ2v) is 5.86. The summed E-state index contributed by atoms with van der Waals surface area (Å²) in [5.74, 6) is 2.54. The van der Waals surface area contributed by atoms with E-state index in [2.05, 4.69) is 48.5 Å². The minimum absolute atomic E-state index is 0.521. The molecular formula is C14H30. The fraction of sp³-hybridized carbons (Fsp3) is 1.00. The van der Waals surface area contributed by atoms with E-state index < -0.39 is 0 Å². The molecule has 86 valence electrons. The summed E-state index contributed by atoms with van der Waals surface area (Å²) < 4.78 is 0. The molecule has 0 aliphatic rings. The molecule has 0 N–H and O–H groups in total.